The number of esters is 2. The highest BCUT2D eigenvalue weighted by Crippen LogP contribution is 2.48. The van der Waals surface area contributed by atoms with Gasteiger partial charge in [-0.2, -0.15) is 0 Å². The van der Waals surface area contributed by atoms with Crippen LogP contribution in [0.5, 0.6) is 0 Å². The number of hydrogen-bond acceptors (Lipinski definition) is 5. The van der Waals surface area contributed by atoms with Gasteiger partial charge in [0, 0.05) is 10.8 Å². The van der Waals surface area contributed by atoms with Crippen LogP contribution in [0, 0.1) is 5.92 Å². The first-order chi connectivity index (χ1) is 15.5. The molecular formula is C27H42O4S. The van der Waals surface area contributed by atoms with Crippen molar-refractivity contribution in [3.63, 3.8) is 0 Å². The third-order valence-corrected chi connectivity index (χ3v) is 8.00. The SMILES string of the molecule is CCCCCCCCCCCCC[C@H]1OC(=O)[C@](C)(Sc2ccccc2)[C@@H]1CC(=O)OC. The number of methoxy groups -OCH3 is 1. The summed E-state index contributed by atoms with van der Waals surface area (Å²) in [6.07, 6.45) is 15.0. The largest absolute Gasteiger partial charge is 0.469 e. The summed E-state index contributed by atoms with van der Waals surface area (Å²) < 4.78 is 9.99. The molecule has 1 heterocycles. The Morgan fingerprint density at radius 1 is 0.969 bits per heavy atom. The zero-order valence-electron chi connectivity index (χ0n) is 20.3. The summed E-state index contributed by atoms with van der Waals surface area (Å²) in [7, 11) is 1.40. The van der Waals surface area contributed by atoms with Gasteiger partial charge in [-0.15, -0.1) is 11.8 Å². The fourth-order valence-corrected chi connectivity index (χ4v) is 5.85. The van der Waals surface area contributed by atoms with Crippen molar-refractivity contribution in [3.8, 4) is 0 Å². The molecule has 0 saturated carbocycles. The van der Waals surface area contributed by atoms with E-state index in [1.807, 2.05) is 37.3 Å². The number of rotatable bonds is 16. The van der Waals surface area contributed by atoms with Crippen LogP contribution in [0.3, 0.4) is 0 Å². The minimum Gasteiger partial charge on any atom is -0.469 e. The Kier molecular flexibility index (Phi) is 12.2. The van der Waals surface area contributed by atoms with E-state index in [4.69, 9.17) is 9.47 Å². The van der Waals surface area contributed by atoms with Gasteiger partial charge in [-0.25, -0.2) is 0 Å². The van der Waals surface area contributed by atoms with Crippen molar-refractivity contribution in [2.45, 2.75) is 113 Å². The van der Waals surface area contributed by atoms with Gasteiger partial charge in [-0.1, -0.05) is 89.3 Å². The molecule has 0 aromatic heterocycles. The Hall–Kier alpha value is -1.49. The number of hydrogen-bond donors (Lipinski definition) is 0. The molecule has 3 atom stereocenters. The lowest BCUT2D eigenvalue weighted by Gasteiger charge is -2.27. The molecule has 0 radical (unpaired) electrons. The first-order valence-corrected chi connectivity index (χ1v) is 13.3. The van der Waals surface area contributed by atoms with Gasteiger partial charge in [0.05, 0.1) is 13.5 Å². The summed E-state index contributed by atoms with van der Waals surface area (Å²) in [6.45, 7) is 4.17. The number of carbonyl (C=O) groups is 2. The molecule has 1 saturated heterocycles. The van der Waals surface area contributed by atoms with Gasteiger partial charge >= 0.3 is 11.9 Å². The van der Waals surface area contributed by atoms with Crippen LogP contribution in [-0.4, -0.2) is 29.9 Å². The predicted molar refractivity (Wildman–Crippen MR) is 132 cm³/mol. The van der Waals surface area contributed by atoms with E-state index in [9.17, 15) is 9.59 Å². The van der Waals surface area contributed by atoms with Crippen LogP contribution in [0.15, 0.2) is 35.2 Å². The monoisotopic (exact) mass is 462 g/mol. The van der Waals surface area contributed by atoms with E-state index in [2.05, 4.69) is 6.92 Å². The average molecular weight is 463 g/mol. The quantitative estimate of drug-likeness (QED) is 0.190. The minimum absolute atomic E-state index is 0.184. The van der Waals surface area contributed by atoms with E-state index in [0.29, 0.717) is 0 Å². The molecule has 1 fully saturated rings. The fourth-order valence-electron chi connectivity index (χ4n) is 4.55. The molecular weight excluding hydrogens is 420 g/mol. The lowest BCUT2D eigenvalue weighted by atomic mass is 9.85. The summed E-state index contributed by atoms with van der Waals surface area (Å²) in [5.74, 6) is -0.679. The first kappa shape index (κ1) is 26.8. The molecule has 0 aliphatic carbocycles. The Bertz CT molecular complexity index is 677. The molecule has 32 heavy (non-hydrogen) atoms. The van der Waals surface area contributed by atoms with Gasteiger partial charge in [-0.05, 0) is 31.9 Å². The summed E-state index contributed by atoms with van der Waals surface area (Å²) in [4.78, 5) is 26.0. The van der Waals surface area contributed by atoms with Crippen molar-refractivity contribution in [2.75, 3.05) is 7.11 Å². The number of cyclic esters (lactones) is 1. The van der Waals surface area contributed by atoms with Crippen LogP contribution in [0.25, 0.3) is 0 Å². The lowest BCUT2D eigenvalue weighted by Crippen LogP contribution is -2.37. The zero-order chi connectivity index (χ0) is 23.2. The highest BCUT2D eigenvalue weighted by Gasteiger charge is 2.55. The number of ether oxygens (including phenoxy) is 2. The molecule has 0 N–H and O–H groups in total. The minimum atomic E-state index is -0.780. The van der Waals surface area contributed by atoms with Crippen molar-refractivity contribution in [3.05, 3.63) is 30.3 Å². The first-order valence-electron chi connectivity index (χ1n) is 12.5. The van der Waals surface area contributed by atoms with E-state index in [1.54, 1.807) is 0 Å². The van der Waals surface area contributed by atoms with Gasteiger partial charge in [0.15, 0.2) is 0 Å². The summed E-state index contributed by atoms with van der Waals surface area (Å²) in [5.41, 5.74) is 0. The highest BCUT2D eigenvalue weighted by molar-refractivity contribution is 8.01. The van der Waals surface area contributed by atoms with Gasteiger partial charge in [0.2, 0.25) is 0 Å². The van der Waals surface area contributed by atoms with Crippen molar-refractivity contribution in [1.82, 2.24) is 0 Å². The third-order valence-electron chi connectivity index (χ3n) is 6.60. The van der Waals surface area contributed by atoms with Crippen molar-refractivity contribution < 1.29 is 19.1 Å². The van der Waals surface area contributed by atoms with Crippen LogP contribution in [-0.2, 0) is 19.1 Å². The van der Waals surface area contributed by atoms with Crippen molar-refractivity contribution in [1.29, 1.82) is 0 Å². The van der Waals surface area contributed by atoms with Gasteiger partial charge < -0.3 is 9.47 Å². The van der Waals surface area contributed by atoms with Crippen LogP contribution in [0.4, 0.5) is 0 Å². The number of thioether (sulfide) groups is 1. The molecule has 180 valence electrons. The van der Waals surface area contributed by atoms with Crippen molar-refractivity contribution in [2.24, 2.45) is 5.92 Å². The Labute approximate surface area is 199 Å². The van der Waals surface area contributed by atoms with Crippen LogP contribution < -0.4 is 0 Å². The molecule has 1 aromatic rings. The van der Waals surface area contributed by atoms with Gasteiger partial charge in [0.1, 0.15) is 10.9 Å². The molecule has 5 heteroatoms. The molecule has 0 unspecified atom stereocenters. The highest BCUT2D eigenvalue weighted by atomic mass is 32.2. The Morgan fingerprint density at radius 2 is 1.53 bits per heavy atom. The smallest absolute Gasteiger partial charge is 0.323 e. The molecule has 1 aliphatic heterocycles. The normalized spacial score (nSPS) is 22.7. The number of unbranched alkanes of at least 4 members (excludes halogenated alkanes) is 10. The van der Waals surface area contributed by atoms with E-state index < -0.39 is 4.75 Å². The van der Waals surface area contributed by atoms with E-state index in [1.165, 1.54) is 76.7 Å². The summed E-state index contributed by atoms with van der Waals surface area (Å²) in [6, 6.07) is 9.87. The number of carbonyl (C=O) groups excluding carboxylic acids is 2. The average Bonchev–Trinajstić information content (AvgIpc) is 3.02. The van der Waals surface area contributed by atoms with E-state index in [-0.39, 0.29) is 30.4 Å². The second-order valence-corrected chi connectivity index (χ2v) is 10.7. The second kappa shape index (κ2) is 14.6. The maximum atomic E-state index is 12.9. The number of benzene rings is 1. The fraction of sp³-hybridized carbons (Fsp3) is 0.704. The predicted octanol–water partition coefficient (Wildman–Crippen LogP) is 7.34. The third kappa shape index (κ3) is 8.46. The molecule has 0 amide bonds. The second-order valence-electron chi connectivity index (χ2n) is 9.18. The zero-order valence-corrected chi connectivity index (χ0v) is 21.1. The van der Waals surface area contributed by atoms with Crippen LogP contribution >= 0.6 is 11.8 Å². The summed E-state index contributed by atoms with van der Waals surface area (Å²) in [5, 5.41) is 0. The maximum absolute atomic E-state index is 12.9. The standard InChI is InChI=1S/C27H42O4S/c1-4-5-6-7-8-9-10-11-12-13-17-20-24-23(21-25(28)30-3)27(2,26(29)31-24)32-22-18-15-14-16-19-22/h14-16,18-19,23-24H,4-13,17,20-21H2,1-3H3/t23-,24-,27-/m1/s1. The van der Waals surface area contributed by atoms with E-state index >= 15 is 0 Å². The molecule has 4 nitrogen and oxygen atoms in total. The van der Waals surface area contributed by atoms with E-state index in [0.717, 1.165) is 24.2 Å². The Morgan fingerprint density at radius 3 is 2.09 bits per heavy atom. The molecule has 1 aliphatic rings. The van der Waals surface area contributed by atoms with Crippen molar-refractivity contribution >= 4 is 23.7 Å². The van der Waals surface area contributed by atoms with Crippen LogP contribution in [0.1, 0.15) is 97.3 Å². The molecule has 2 rings (SSSR count). The topological polar surface area (TPSA) is 52.6 Å². The van der Waals surface area contributed by atoms with Gasteiger partial charge in [0.25, 0.3) is 0 Å². The molecule has 0 bridgehead atoms. The molecule has 1 aromatic carbocycles. The molecule has 0 spiro atoms. The summed E-state index contributed by atoms with van der Waals surface area (Å²) >= 11 is 1.50. The van der Waals surface area contributed by atoms with Gasteiger partial charge in [-0.3, -0.25) is 9.59 Å². The lowest BCUT2D eigenvalue weighted by molar-refractivity contribution is -0.144. The maximum Gasteiger partial charge on any atom is 0.323 e. The van der Waals surface area contributed by atoms with Crippen LogP contribution in [0.2, 0.25) is 0 Å². The Balaban J connectivity index is 1.79.